The monoisotopic (exact) mass is 2080 g/mol. The van der Waals surface area contributed by atoms with Crippen molar-refractivity contribution in [3.8, 4) is 139 Å². The van der Waals surface area contributed by atoms with Gasteiger partial charge >= 0.3 is 23.9 Å². The number of aromatic nitrogens is 8. The molecule has 149 heavy (non-hydrogen) atoms. The number of carboxylic acids is 2. The van der Waals surface area contributed by atoms with Crippen LogP contribution in [0.15, 0.2) is 164 Å². The molecule has 4 aliphatic heterocycles. The number of carboxylic acid groups (broad SMARTS) is 2. The highest BCUT2D eigenvalue weighted by molar-refractivity contribution is 9.09. The molecule has 8 unspecified atom stereocenters. The van der Waals surface area contributed by atoms with Gasteiger partial charge in [0.25, 0.3) is 23.6 Å². The number of nitriles is 4. The first kappa shape index (κ1) is 106. The Morgan fingerprint density at radius 3 is 0.953 bits per heavy atom. The van der Waals surface area contributed by atoms with Gasteiger partial charge in [0.2, 0.25) is 46.9 Å². The van der Waals surface area contributed by atoms with Gasteiger partial charge in [-0.25, -0.2) is 0 Å². The Bertz CT molecular complexity index is 7010. The van der Waals surface area contributed by atoms with E-state index in [2.05, 4.69) is 103 Å². The lowest BCUT2D eigenvalue weighted by Crippen LogP contribution is -2.29. The van der Waals surface area contributed by atoms with Crippen LogP contribution in [0, 0.1) is 69.0 Å². The van der Waals surface area contributed by atoms with Gasteiger partial charge in [0.05, 0.1) is 84.1 Å². The number of nitrogens with zero attached hydrogens (tertiary/aromatic N) is 15. The number of hydrogen-bond acceptors (Lipinski definition) is 30. The molecular formula is C112H113BrN16O20. The van der Waals surface area contributed by atoms with Crippen LogP contribution in [-0.2, 0) is 73.5 Å². The second-order valence-electron chi connectivity index (χ2n) is 38.5. The number of carbonyl (C=O) groups is 8. The molecule has 12 aromatic rings. The first-order valence-corrected chi connectivity index (χ1v) is 51.2. The number of ether oxygens (including phenoxy) is 6. The molecule has 4 amide bonds. The number of aliphatic carboxylic acids is 2. The summed E-state index contributed by atoms with van der Waals surface area (Å²) in [6.45, 7) is 21.1. The van der Waals surface area contributed by atoms with Crippen molar-refractivity contribution in [2.45, 2.75) is 221 Å². The number of hydrogen-bond donors (Lipinski definition) is 3. The highest BCUT2D eigenvalue weighted by atomic mass is 79.9. The average molecular weight is 2080 g/mol. The van der Waals surface area contributed by atoms with Gasteiger partial charge in [-0.15, -0.1) is 0 Å². The Morgan fingerprint density at radius 1 is 0.389 bits per heavy atom. The molecule has 4 saturated heterocycles. The molecule has 768 valence electrons. The first-order chi connectivity index (χ1) is 71.9. The minimum atomic E-state index is -0.857. The minimum Gasteiger partial charge on any atom is -0.490 e. The number of esters is 2. The Labute approximate surface area is 868 Å². The van der Waals surface area contributed by atoms with Crippen LogP contribution in [0.5, 0.6) is 23.0 Å². The van der Waals surface area contributed by atoms with Crippen LogP contribution in [0.4, 0.5) is 0 Å². The summed E-state index contributed by atoms with van der Waals surface area (Å²) in [4.78, 5) is 118. The predicted molar refractivity (Wildman–Crippen MR) is 543 cm³/mol. The zero-order valence-electron chi connectivity index (χ0n) is 84.2. The zero-order chi connectivity index (χ0) is 106. The molecule has 20 rings (SSSR count). The molecule has 0 radical (unpaired) electrons. The molecule has 8 aliphatic rings. The van der Waals surface area contributed by atoms with E-state index in [1.54, 1.807) is 73.7 Å². The molecule has 4 aliphatic carbocycles. The van der Waals surface area contributed by atoms with Gasteiger partial charge in [-0.2, -0.15) is 41.0 Å². The van der Waals surface area contributed by atoms with Crippen LogP contribution in [0.3, 0.4) is 0 Å². The van der Waals surface area contributed by atoms with Gasteiger partial charge < -0.3 is 76.7 Å². The normalized spacial score (nSPS) is 17.8. The largest absolute Gasteiger partial charge is 0.490 e. The molecule has 36 nitrogen and oxygen atoms in total. The second kappa shape index (κ2) is 47.5. The van der Waals surface area contributed by atoms with Gasteiger partial charge in [-0.3, -0.25) is 38.4 Å². The molecule has 8 heterocycles. The lowest BCUT2D eigenvalue weighted by atomic mass is 10.0. The van der Waals surface area contributed by atoms with Gasteiger partial charge in [0, 0.05) is 121 Å². The molecule has 0 bridgehead atoms. The number of rotatable bonds is 33. The minimum absolute atomic E-state index is 0.0160. The molecule has 8 atom stereocenters. The maximum absolute atomic E-state index is 12.8. The van der Waals surface area contributed by atoms with Crippen molar-refractivity contribution in [1.82, 2.24) is 60.6 Å². The third-order valence-corrected chi connectivity index (χ3v) is 27.4. The van der Waals surface area contributed by atoms with E-state index in [9.17, 15) is 59.4 Å². The van der Waals surface area contributed by atoms with Crippen LogP contribution in [0.1, 0.15) is 237 Å². The molecule has 0 saturated carbocycles. The van der Waals surface area contributed by atoms with E-state index in [1.165, 1.54) is 5.56 Å². The van der Waals surface area contributed by atoms with Gasteiger partial charge in [0.15, 0.2) is 0 Å². The van der Waals surface area contributed by atoms with Crippen LogP contribution in [0.25, 0.3) is 91.4 Å². The van der Waals surface area contributed by atoms with Gasteiger partial charge in [-0.05, 0) is 262 Å². The Hall–Kier alpha value is -16.3. The Morgan fingerprint density at radius 2 is 0.671 bits per heavy atom. The molecule has 8 aromatic carbocycles. The van der Waals surface area contributed by atoms with E-state index in [0.29, 0.717) is 205 Å². The van der Waals surface area contributed by atoms with Gasteiger partial charge in [0.1, 0.15) is 47.3 Å². The summed E-state index contributed by atoms with van der Waals surface area (Å²) < 4.78 is 54.7. The maximum atomic E-state index is 12.8. The summed E-state index contributed by atoms with van der Waals surface area (Å²) >= 11 is 3.22. The number of likely N-dealkylation sites (tertiary alicyclic amines) is 3. The SMILES string of the molecule is CC(C)Oc1ccc(-c2nc(-c3cccc4c3CC3CC(=O)N(CCCC(=O)O)C43)no2)cc1C#N.CC(C)Oc1ccc(-c2nc(-c3cccc4c3CC3CC(=O)N(CCCC(=O)O)C43)no2)cc1C#N.CC(C)Oc1ccc(-c2nc(-c3cccc4c3CC3CC(=O)NC43)no2)cc1C#N.CCOC(=O)CCCBr.CCOC(=O)CCCN1C(=O)CC2Cc3c(-c4noc(-c5ccc(OC(C)C)c(C#N)c5)n4)cccc3C21. The maximum Gasteiger partial charge on any atom is 0.305 e. The standard InChI is InChI=1S/C29H30N4O5.2C27H26N4O5.C23H20N4O3.C6H11BrO2/c1-4-36-26(35)9-6-12-33-25(34)15-19-14-23-21(27(19)33)7-5-8-22(23)28-31-29(38-32-28)18-10-11-24(37-17(2)3)20(13-18)16-30;2*1-15(2)35-22-9-8-16(11-18(22)14-28)27-29-26(30-36-27)20-6-3-5-19-21(20)12-17-13-23(32)31(25(17)19)10-4-7-24(33)34;1-12(2)29-19-7-6-13(8-15(19)11-24)23-26-22(27-30-23)17-5-3-4-16-18(17)9-14-10-20(28)25-21(14)16;1-2-9-6(8)4-3-5-7/h5,7-8,10-11,13,17,19,27H,4,6,9,12,14-15H2,1-3H3;2*3,5-6,8-9,11,15,17,25H,4,7,10,12-13H2,1-2H3,(H,33,34);3-8,12,14,21H,9-10H2,1-2H3,(H,25,28);2-5H2,1H3. The fourth-order valence-corrected chi connectivity index (χ4v) is 21.1. The van der Waals surface area contributed by atoms with E-state index in [4.69, 9.17) is 52.0 Å². The lowest BCUT2D eigenvalue weighted by molar-refractivity contribution is -0.144. The number of alkyl halides is 1. The zero-order valence-corrected chi connectivity index (χ0v) is 85.8. The van der Waals surface area contributed by atoms with Crippen LogP contribution >= 0.6 is 15.9 Å². The summed E-state index contributed by atoms with van der Waals surface area (Å²) in [5.41, 5.74) is 16.5. The fraction of sp³-hybridized carbons (Fsp3) is 0.393. The van der Waals surface area contributed by atoms with Crippen molar-refractivity contribution in [3.05, 3.63) is 212 Å². The second-order valence-corrected chi connectivity index (χ2v) is 39.3. The number of halogens is 1. The van der Waals surface area contributed by atoms with Crippen molar-refractivity contribution >= 4 is 63.4 Å². The van der Waals surface area contributed by atoms with Crippen molar-refractivity contribution < 1.29 is 95.1 Å². The van der Waals surface area contributed by atoms with E-state index < -0.39 is 11.9 Å². The summed E-state index contributed by atoms with van der Waals surface area (Å²) in [6.07, 6.45) is 7.96. The molecule has 3 N–H and O–H groups in total. The quantitative estimate of drug-likeness (QED) is 0.0254. The van der Waals surface area contributed by atoms with E-state index >= 15 is 0 Å². The molecule has 37 heteroatoms. The topological polar surface area (TPSA) is 505 Å². The number of nitrogens with one attached hydrogen (secondary N) is 1. The van der Waals surface area contributed by atoms with E-state index in [1.807, 2.05) is 144 Å². The summed E-state index contributed by atoms with van der Waals surface area (Å²) in [5, 5.41) is 76.9. The summed E-state index contributed by atoms with van der Waals surface area (Å²) in [7, 11) is 0. The Kier molecular flexibility index (Phi) is 33.6. The highest BCUT2D eigenvalue weighted by Crippen LogP contribution is 2.54. The molecule has 0 spiro atoms. The van der Waals surface area contributed by atoms with E-state index in [0.717, 1.165) is 98.6 Å². The molecule has 4 aromatic heterocycles. The smallest absolute Gasteiger partial charge is 0.305 e. The van der Waals surface area contributed by atoms with Crippen LogP contribution in [-0.4, -0.2) is 176 Å². The Balaban J connectivity index is 0.000000138. The molecular weight excluding hydrogens is 1970 g/mol. The lowest BCUT2D eigenvalue weighted by Gasteiger charge is -2.25. The van der Waals surface area contributed by atoms with Gasteiger partial charge in [-0.1, -0.05) is 109 Å². The average Bonchev–Trinajstić information content (AvgIpc) is 1.59. The van der Waals surface area contributed by atoms with Crippen molar-refractivity contribution in [1.29, 1.82) is 21.0 Å². The van der Waals surface area contributed by atoms with Crippen molar-refractivity contribution in [2.75, 3.05) is 38.2 Å². The molecule has 4 fully saturated rings. The number of amides is 4. The third-order valence-electron chi connectivity index (χ3n) is 26.8. The highest BCUT2D eigenvalue weighted by Gasteiger charge is 2.50. The summed E-state index contributed by atoms with van der Waals surface area (Å²) in [5.74, 6) is 4.32. The fourth-order valence-electron chi connectivity index (χ4n) is 20.9. The number of fused-ring (bicyclic) bond motifs is 12. The predicted octanol–water partition coefficient (Wildman–Crippen LogP) is 19.1. The van der Waals surface area contributed by atoms with Crippen molar-refractivity contribution in [2.24, 2.45) is 23.7 Å². The number of carbonyl (C=O) groups excluding carboxylic acids is 6. The summed E-state index contributed by atoms with van der Waals surface area (Å²) in [6, 6.07) is 53.3. The third kappa shape index (κ3) is 24.0. The van der Waals surface area contributed by atoms with Crippen LogP contribution in [0.2, 0.25) is 0 Å². The van der Waals surface area contributed by atoms with Crippen molar-refractivity contribution in [3.63, 3.8) is 0 Å². The first-order valence-electron chi connectivity index (χ1n) is 50.1. The van der Waals surface area contributed by atoms with E-state index in [-0.39, 0.29) is 121 Å². The number of benzene rings is 8. The van der Waals surface area contributed by atoms with Crippen LogP contribution < -0.4 is 24.3 Å².